The Labute approximate surface area is 192 Å². The van der Waals surface area contributed by atoms with Crippen LogP contribution in [-0.2, 0) is 5.11 Å². The van der Waals surface area contributed by atoms with Gasteiger partial charge < -0.3 is 14.6 Å². The SMILES string of the molecule is COc1ccc(/C=C/CCCCOc2ccc(C(=O)c3cccc(C(=O)O)c3)cc2[O])cc1. The summed E-state index contributed by atoms with van der Waals surface area (Å²) in [6, 6.07) is 17.8. The number of carbonyl (C=O) groups is 2. The van der Waals surface area contributed by atoms with Crippen LogP contribution in [-0.4, -0.2) is 30.6 Å². The maximum Gasteiger partial charge on any atom is 0.335 e. The van der Waals surface area contributed by atoms with Crippen molar-refractivity contribution in [3.05, 3.63) is 95.1 Å². The van der Waals surface area contributed by atoms with Crippen LogP contribution in [0.15, 0.2) is 72.8 Å². The van der Waals surface area contributed by atoms with Gasteiger partial charge >= 0.3 is 5.97 Å². The minimum atomic E-state index is -1.12. The Hall–Kier alpha value is -4.06. The quantitative estimate of drug-likeness (QED) is 0.287. The number of benzene rings is 3. The van der Waals surface area contributed by atoms with E-state index in [1.807, 2.05) is 24.3 Å². The molecule has 0 saturated carbocycles. The zero-order valence-electron chi connectivity index (χ0n) is 18.3. The summed E-state index contributed by atoms with van der Waals surface area (Å²) in [7, 11) is 1.64. The first-order valence-corrected chi connectivity index (χ1v) is 10.6. The van der Waals surface area contributed by atoms with Crippen molar-refractivity contribution in [1.29, 1.82) is 0 Å². The van der Waals surface area contributed by atoms with Gasteiger partial charge in [0.2, 0.25) is 5.75 Å². The first kappa shape index (κ1) is 23.6. The van der Waals surface area contributed by atoms with Crippen molar-refractivity contribution in [2.45, 2.75) is 19.3 Å². The van der Waals surface area contributed by atoms with Crippen LogP contribution in [0.1, 0.15) is 51.1 Å². The third-order valence-electron chi connectivity index (χ3n) is 5.03. The number of carbonyl (C=O) groups excluding carboxylic acids is 1. The maximum atomic E-state index is 12.6. The molecule has 1 radical (unpaired) electrons. The summed E-state index contributed by atoms with van der Waals surface area (Å²) in [5.74, 6) is -0.888. The van der Waals surface area contributed by atoms with E-state index in [1.165, 1.54) is 42.5 Å². The second-order valence-electron chi connectivity index (χ2n) is 7.40. The van der Waals surface area contributed by atoms with Crippen molar-refractivity contribution in [2.24, 2.45) is 0 Å². The van der Waals surface area contributed by atoms with Gasteiger partial charge in [0, 0.05) is 17.2 Å². The highest BCUT2D eigenvalue weighted by Gasteiger charge is 2.15. The topological polar surface area (TPSA) is 92.7 Å². The van der Waals surface area contributed by atoms with Crippen LogP contribution in [0.2, 0.25) is 0 Å². The van der Waals surface area contributed by atoms with Gasteiger partial charge in [-0.2, -0.15) is 0 Å². The summed E-state index contributed by atoms with van der Waals surface area (Å²) in [5.41, 5.74) is 1.53. The molecule has 0 aliphatic heterocycles. The Morgan fingerprint density at radius 3 is 2.33 bits per heavy atom. The molecule has 6 nitrogen and oxygen atoms in total. The first-order chi connectivity index (χ1) is 16.0. The molecule has 3 rings (SSSR count). The minimum absolute atomic E-state index is 0.0157. The van der Waals surface area contributed by atoms with Gasteiger partial charge in [-0.1, -0.05) is 36.4 Å². The van der Waals surface area contributed by atoms with Gasteiger partial charge in [-0.05, 0) is 61.2 Å². The average molecular weight is 445 g/mol. The Kier molecular flexibility index (Phi) is 8.24. The van der Waals surface area contributed by atoms with E-state index in [4.69, 9.17) is 14.6 Å². The highest BCUT2D eigenvalue weighted by molar-refractivity contribution is 6.10. The molecule has 0 amide bonds. The van der Waals surface area contributed by atoms with E-state index in [1.54, 1.807) is 7.11 Å². The minimum Gasteiger partial charge on any atom is -0.497 e. The molecule has 0 saturated heterocycles. The van der Waals surface area contributed by atoms with Gasteiger partial charge in [0.15, 0.2) is 11.5 Å². The van der Waals surface area contributed by atoms with Crippen molar-refractivity contribution in [3.8, 4) is 17.2 Å². The Morgan fingerprint density at radius 2 is 1.64 bits per heavy atom. The van der Waals surface area contributed by atoms with Crippen molar-refractivity contribution in [2.75, 3.05) is 13.7 Å². The molecule has 0 aromatic heterocycles. The number of aromatic carboxylic acids is 1. The molecular formula is C27H25O6. The summed E-state index contributed by atoms with van der Waals surface area (Å²) in [6.07, 6.45) is 6.74. The van der Waals surface area contributed by atoms with Crippen LogP contribution in [0.25, 0.3) is 6.08 Å². The van der Waals surface area contributed by atoms with Crippen LogP contribution in [0.3, 0.4) is 0 Å². The number of rotatable bonds is 11. The molecule has 3 aromatic carbocycles. The van der Waals surface area contributed by atoms with Crippen LogP contribution < -0.4 is 9.47 Å². The highest BCUT2D eigenvalue weighted by Crippen LogP contribution is 2.29. The number of carboxylic acid groups (broad SMARTS) is 1. The highest BCUT2D eigenvalue weighted by atomic mass is 16.5. The predicted octanol–water partition coefficient (Wildman–Crippen LogP) is 6.03. The smallest absolute Gasteiger partial charge is 0.335 e. The number of hydrogen-bond donors (Lipinski definition) is 1. The predicted molar refractivity (Wildman–Crippen MR) is 125 cm³/mol. The van der Waals surface area contributed by atoms with Crippen LogP contribution in [0.4, 0.5) is 0 Å². The van der Waals surface area contributed by atoms with E-state index in [0.29, 0.717) is 6.61 Å². The van der Waals surface area contributed by atoms with Crippen molar-refractivity contribution in [1.82, 2.24) is 0 Å². The van der Waals surface area contributed by atoms with Crippen LogP contribution in [0.5, 0.6) is 17.2 Å². The van der Waals surface area contributed by atoms with E-state index in [-0.39, 0.29) is 28.2 Å². The van der Waals surface area contributed by atoms with Crippen molar-refractivity contribution >= 4 is 17.8 Å². The average Bonchev–Trinajstić information content (AvgIpc) is 2.84. The lowest BCUT2D eigenvalue weighted by molar-refractivity contribution is 0.0697. The van der Waals surface area contributed by atoms with E-state index >= 15 is 0 Å². The molecule has 169 valence electrons. The lowest BCUT2D eigenvalue weighted by Gasteiger charge is -2.08. The zero-order chi connectivity index (χ0) is 23.6. The normalized spacial score (nSPS) is 10.8. The van der Waals surface area contributed by atoms with Crippen LogP contribution >= 0.6 is 0 Å². The molecule has 0 aliphatic carbocycles. The molecule has 33 heavy (non-hydrogen) atoms. The lowest BCUT2D eigenvalue weighted by Crippen LogP contribution is -2.04. The van der Waals surface area contributed by atoms with Gasteiger partial charge in [0.05, 0.1) is 19.3 Å². The zero-order valence-corrected chi connectivity index (χ0v) is 18.3. The van der Waals surface area contributed by atoms with Crippen molar-refractivity contribution in [3.63, 3.8) is 0 Å². The lowest BCUT2D eigenvalue weighted by atomic mass is 10.0. The Balaban J connectivity index is 1.46. The summed E-state index contributed by atoms with van der Waals surface area (Å²) < 4.78 is 10.7. The molecule has 0 spiro atoms. The third kappa shape index (κ3) is 6.71. The number of ketones is 1. The molecular weight excluding hydrogens is 420 g/mol. The van der Waals surface area contributed by atoms with Crippen LogP contribution in [0, 0.1) is 0 Å². The fourth-order valence-electron chi connectivity index (χ4n) is 3.21. The van der Waals surface area contributed by atoms with E-state index in [2.05, 4.69) is 12.2 Å². The Morgan fingerprint density at radius 1 is 0.909 bits per heavy atom. The van der Waals surface area contributed by atoms with E-state index in [9.17, 15) is 14.7 Å². The standard InChI is InChI=1S/C27H25O6/c1-32-23-13-10-19(11-14-23)7-4-2-3-5-16-33-25-15-12-21(18-24(25)28)26(29)20-8-6-9-22(17-20)27(30)31/h4,6-15,17-18H,2-3,5,16H2,1H3,(H,30,31)/b7-4+. The number of methoxy groups -OCH3 is 1. The number of unbranched alkanes of at least 4 members (excludes halogenated alkanes) is 2. The van der Waals surface area contributed by atoms with Crippen molar-refractivity contribution < 1.29 is 29.3 Å². The summed E-state index contributed by atoms with van der Waals surface area (Å²) in [5, 5.41) is 21.4. The molecule has 0 aliphatic rings. The van der Waals surface area contributed by atoms with Gasteiger partial charge in [0.25, 0.3) is 0 Å². The van der Waals surface area contributed by atoms with Gasteiger partial charge in [-0.3, -0.25) is 9.90 Å². The van der Waals surface area contributed by atoms with Gasteiger partial charge in [-0.15, -0.1) is 0 Å². The fraction of sp³-hybridized carbons (Fsp3) is 0.185. The maximum absolute atomic E-state index is 12.6. The van der Waals surface area contributed by atoms with E-state index in [0.717, 1.165) is 30.6 Å². The fourth-order valence-corrected chi connectivity index (χ4v) is 3.21. The summed E-state index contributed by atoms with van der Waals surface area (Å²) in [6.45, 7) is 0.402. The summed E-state index contributed by atoms with van der Waals surface area (Å²) in [4.78, 5) is 23.7. The largest absolute Gasteiger partial charge is 0.497 e. The molecule has 0 fully saturated rings. The van der Waals surface area contributed by atoms with E-state index < -0.39 is 11.8 Å². The summed E-state index contributed by atoms with van der Waals surface area (Å²) >= 11 is 0. The molecule has 6 heteroatoms. The monoisotopic (exact) mass is 445 g/mol. The molecule has 0 bridgehead atoms. The number of carboxylic acids is 1. The number of ether oxygens (including phenoxy) is 2. The number of allylic oxidation sites excluding steroid dienone is 1. The molecule has 3 aromatic rings. The first-order valence-electron chi connectivity index (χ1n) is 10.6. The second kappa shape index (κ2) is 11.5. The number of hydrogen-bond acceptors (Lipinski definition) is 4. The molecule has 0 heterocycles. The molecule has 1 N–H and O–H groups in total. The van der Waals surface area contributed by atoms with Gasteiger partial charge in [0.1, 0.15) is 5.75 Å². The third-order valence-corrected chi connectivity index (χ3v) is 5.03. The second-order valence-corrected chi connectivity index (χ2v) is 7.40. The Bertz CT molecular complexity index is 1130. The molecule has 0 atom stereocenters. The van der Waals surface area contributed by atoms with Gasteiger partial charge in [-0.25, -0.2) is 4.79 Å². The molecule has 0 unspecified atom stereocenters.